The van der Waals surface area contributed by atoms with Gasteiger partial charge in [-0.2, -0.15) is 0 Å². The molecule has 0 amide bonds. The predicted octanol–water partition coefficient (Wildman–Crippen LogP) is 4.09. The number of esters is 1. The molecule has 4 rings (SSSR count). The highest BCUT2D eigenvalue weighted by Gasteiger charge is 2.42. The minimum atomic E-state index is -0.632. The van der Waals surface area contributed by atoms with Crippen molar-refractivity contribution in [3.8, 4) is 18.1 Å². The quantitative estimate of drug-likeness (QED) is 0.597. The normalized spacial score (nSPS) is 17.1. The van der Waals surface area contributed by atoms with E-state index in [0.29, 0.717) is 44.4 Å². The number of ketones is 1. The number of carbonyl (C=O) groups is 2. The summed E-state index contributed by atoms with van der Waals surface area (Å²) in [5.74, 6) is 1.56. The third-order valence-corrected chi connectivity index (χ3v) is 5.55. The lowest BCUT2D eigenvalue weighted by Crippen LogP contribution is -2.29. The van der Waals surface area contributed by atoms with E-state index in [0.717, 1.165) is 5.56 Å². The van der Waals surface area contributed by atoms with Crippen LogP contribution in [0.5, 0.6) is 5.75 Å². The van der Waals surface area contributed by atoms with Crippen molar-refractivity contribution in [1.82, 2.24) is 5.32 Å². The summed E-state index contributed by atoms with van der Waals surface area (Å²) in [4.78, 5) is 26.0. The van der Waals surface area contributed by atoms with Gasteiger partial charge in [-0.3, -0.25) is 4.79 Å². The number of terminal acetylenes is 1. The number of ether oxygens (including phenoxy) is 2. The second-order valence-electron chi connectivity index (χ2n) is 6.93. The molecular formula is C24H18ClNO4. The minimum Gasteiger partial charge on any atom is -0.479 e. The van der Waals surface area contributed by atoms with Gasteiger partial charge in [0.1, 0.15) is 12.4 Å². The number of hydrogen-bond acceptors (Lipinski definition) is 5. The summed E-state index contributed by atoms with van der Waals surface area (Å²) in [5.41, 5.74) is 4.28. The summed E-state index contributed by atoms with van der Waals surface area (Å²) >= 11 is 6.41. The molecule has 1 unspecified atom stereocenters. The van der Waals surface area contributed by atoms with Crippen molar-refractivity contribution < 1.29 is 19.1 Å². The summed E-state index contributed by atoms with van der Waals surface area (Å²) in [6.07, 6.45) is 5.24. The molecule has 1 aliphatic heterocycles. The highest BCUT2D eigenvalue weighted by atomic mass is 35.5. The maximum absolute atomic E-state index is 13.3. The molecule has 0 radical (unpaired) electrons. The van der Waals surface area contributed by atoms with Gasteiger partial charge in [-0.05, 0) is 24.6 Å². The van der Waals surface area contributed by atoms with E-state index in [9.17, 15) is 9.59 Å². The van der Waals surface area contributed by atoms with E-state index in [-0.39, 0.29) is 12.4 Å². The Kier molecular flexibility index (Phi) is 5.11. The van der Waals surface area contributed by atoms with Gasteiger partial charge in [-0.1, -0.05) is 47.9 Å². The molecule has 6 heteroatoms. The van der Waals surface area contributed by atoms with Gasteiger partial charge in [0.15, 0.2) is 5.78 Å². The molecule has 0 aromatic heterocycles. The molecule has 0 saturated heterocycles. The van der Waals surface area contributed by atoms with Crippen LogP contribution in [-0.2, 0) is 9.53 Å². The second kappa shape index (κ2) is 7.74. The Morgan fingerprint density at radius 3 is 2.63 bits per heavy atom. The number of benzene rings is 2. The van der Waals surface area contributed by atoms with Gasteiger partial charge in [0, 0.05) is 28.3 Å². The molecule has 1 atom stereocenters. The Morgan fingerprint density at radius 2 is 1.97 bits per heavy atom. The Bertz CT molecular complexity index is 1190. The summed E-state index contributed by atoms with van der Waals surface area (Å²) in [6.45, 7) is 1.88. The summed E-state index contributed by atoms with van der Waals surface area (Å²) in [5, 5.41) is 3.58. The number of fused-ring (bicyclic) bond motifs is 2. The molecule has 0 saturated carbocycles. The molecule has 1 heterocycles. The van der Waals surface area contributed by atoms with Crippen LogP contribution in [0.25, 0.3) is 5.70 Å². The Balaban J connectivity index is 1.89. The van der Waals surface area contributed by atoms with Crippen LogP contribution in [0.4, 0.5) is 0 Å². The van der Waals surface area contributed by atoms with E-state index in [1.807, 2.05) is 18.2 Å². The van der Waals surface area contributed by atoms with Gasteiger partial charge in [-0.25, -0.2) is 4.79 Å². The first kappa shape index (κ1) is 19.8. The van der Waals surface area contributed by atoms with Crippen LogP contribution in [0.2, 0.25) is 5.02 Å². The highest BCUT2D eigenvalue weighted by Crippen LogP contribution is 2.47. The Labute approximate surface area is 179 Å². The zero-order valence-corrected chi connectivity index (χ0v) is 17.2. The third kappa shape index (κ3) is 3.06. The maximum atomic E-state index is 13.3. The van der Waals surface area contributed by atoms with E-state index in [2.05, 4.69) is 11.2 Å². The molecule has 0 fully saturated rings. The fourth-order valence-electron chi connectivity index (χ4n) is 3.98. The molecule has 2 aliphatic rings. The first-order chi connectivity index (χ1) is 14.5. The number of rotatable bonds is 4. The third-order valence-electron chi connectivity index (χ3n) is 5.25. The molecule has 2 aromatic rings. The van der Waals surface area contributed by atoms with Gasteiger partial charge in [0.2, 0.25) is 0 Å². The molecule has 2 aromatic carbocycles. The number of allylic oxidation sites excluding steroid dienone is 2. The van der Waals surface area contributed by atoms with Crippen molar-refractivity contribution in [2.75, 3.05) is 13.7 Å². The minimum absolute atomic E-state index is 0.0853. The van der Waals surface area contributed by atoms with E-state index < -0.39 is 11.9 Å². The van der Waals surface area contributed by atoms with Gasteiger partial charge >= 0.3 is 5.97 Å². The number of halogens is 1. The molecule has 1 aliphatic carbocycles. The van der Waals surface area contributed by atoms with Crippen molar-refractivity contribution in [1.29, 1.82) is 0 Å². The monoisotopic (exact) mass is 419 g/mol. The van der Waals surface area contributed by atoms with Crippen LogP contribution in [-0.4, -0.2) is 25.5 Å². The lowest BCUT2D eigenvalue weighted by atomic mass is 9.80. The highest BCUT2D eigenvalue weighted by molar-refractivity contribution is 6.32. The number of methoxy groups -OCH3 is 1. The first-order valence-electron chi connectivity index (χ1n) is 9.28. The van der Waals surface area contributed by atoms with E-state index >= 15 is 0 Å². The number of hydrogen-bond donors (Lipinski definition) is 1. The fourth-order valence-corrected chi connectivity index (χ4v) is 4.22. The molecule has 30 heavy (non-hydrogen) atoms. The fraction of sp³-hybridized carbons (Fsp3) is 0.167. The van der Waals surface area contributed by atoms with E-state index in [1.165, 1.54) is 7.11 Å². The van der Waals surface area contributed by atoms with Crippen molar-refractivity contribution in [2.45, 2.75) is 12.8 Å². The lowest BCUT2D eigenvalue weighted by Gasteiger charge is -2.29. The standard InChI is InChI=1S/C24H18ClNO4/c1-4-11-30-18-10-9-14(12-17(18)25)20-19(24(28)29-3)13(2)26-22-15-7-5-6-8-16(15)23(27)21(20)22/h1,5-10,12,20,26H,11H2,2-3H3. The Hall–Kier alpha value is -3.49. The van der Waals surface area contributed by atoms with Crippen LogP contribution in [0, 0.1) is 12.3 Å². The number of dihydropyridines is 1. The number of nitrogens with one attached hydrogen (secondary N) is 1. The van der Waals surface area contributed by atoms with Crippen LogP contribution >= 0.6 is 11.6 Å². The smallest absolute Gasteiger partial charge is 0.336 e. The van der Waals surface area contributed by atoms with Crippen LogP contribution in [0.15, 0.2) is 59.3 Å². The van der Waals surface area contributed by atoms with Crippen molar-refractivity contribution in [3.05, 3.63) is 81.0 Å². The molecule has 150 valence electrons. The summed E-state index contributed by atoms with van der Waals surface area (Å²) in [7, 11) is 1.32. The second-order valence-corrected chi connectivity index (χ2v) is 7.34. The van der Waals surface area contributed by atoms with Crippen molar-refractivity contribution in [2.24, 2.45) is 0 Å². The lowest BCUT2D eigenvalue weighted by molar-refractivity contribution is -0.136. The zero-order chi connectivity index (χ0) is 21.4. The van der Waals surface area contributed by atoms with Gasteiger partial charge < -0.3 is 14.8 Å². The molecular weight excluding hydrogens is 402 g/mol. The topological polar surface area (TPSA) is 64.6 Å². The predicted molar refractivity (Wildman–Crippen MR) is 114 cm³/mol. The average Bonchev–Trinajstić information content (AvgIpc) is 3.03. The maximum Gasteiger partial charge on any atom is 0.336 e. The molecule has 0 bridgehead atoms. The van der Waals surface area contributed by atoms with Crippen molar-refractivity contribution >= 4 is 29.1 Å². The number of carbonyl (C=O) groups excluding carboxylic acids is 2. The van der Waals surface area contributed by atoms with Gasteiger partial charge in [0.05, 0.1) is 23.4 Å². The zero-order valence-electron chi connectivity index (χ0n) is 16.4. The van der Waals surface area contributed by atoms with Crippen LogP contribution < -0.4 is 10.1 Å². The summed E-state index contributed by atoms with van der Waals surface area (Å²) in [6, 6.07) is 12.5. The number of Topliss-reactive ketones (excluding diaryl/α,β-unsaturated/α-hetero) is 1. The first-order valence-corrected chi connectivity index (χ1v) is 9.65. The van der Waals surface area contributed by atoms with Crippen LogP contribution in [0.3, 0.4) is 0 Å². The van der Waals surface area contributed by atoms with Gasteiger partial charge in [-0.15, -0.1) is 6.42 Å². The molecule has 1 N–H and O–H groups in total. The molecule has 0 spiro atoms. The van der Waals surface area contributed by atoms with Gasteiger partial charge in [0.25, 0.3) is 0 Å². The Morgan fingerprint density at radius 1 is 1.23 bits per heavy atom. The largest absolute Gasteiger partial charge is 0.479 e. The molecule has 5 nitrogen and oxygen atoms in total. The summed E-state index contributed by atoms with van der Waals surface area (Å²) < 4.78 is 10.5. The average molecular weight is 420 g/mol. The van der Waals surface area contributed by atoms with Crippen LogP contribution in [0.1, 0.15) is 34.3 Å². The van der Waals surface area contributed by atoms with E-state index in [4.69, 9.17) is 27.5 Å². The van der Waals surface area contributed by atoms with Crippen molar-refractivity contribution in [3.63, 3.8) is 0 Å². The van der Waals surface area contributed by atoms with E-state index in [1.54, 1.807) is 31.2 Å². The SMILES string of the molecule is C#CCOc1ccc(C2C(C(=O)OC)=C(C)NC3=C2C(=O)c2ccccc23)cc1Cl.